The number of benzene rings is 2. The maximum atomic E-state index is 6.64. The van der Waals surface area contributed by atoms with E-state index >= 15 is 0 Å². The number of nitrogens with one attached hydrogen (secondary N) is 1. The number of nitrogens with zero attached hydrogens (tertiary/aromatic N) is 4. The van der Waals surface area contributed by atoms with E-state index in [2.05, 4.69) is 57.6 Å². The van der Waals surface area contributed by atoms with Gasteiger partial charge in [0, 0.05) is 38.8 Å². The van der Waals surface area contributed by atoms with Crippen molar-refractivity contribution in [1.82, 2.24) is 20.1 Å². The first kappa shape index (κ1) is 27.4. The van der Waals surface area contributed by atoms with Crippen LogP contribution in [0.15, 0.2) is 55.1 Å². The van der Waals surface area contributed by atoms with Gasteiger partial charge < -0.3 is 29.2 Å². The molecule has 9 nitrogen and oxygen atoms in total. The van der Waals surface area contributed by atoms with E-state index in [-0.39, 0.29) is 18.1 Å². The number of anilines is 1. The lowest BCUT2D eigenvalue weighted by molar-refractivity contribution is 0.00125. The molecule has 5 rings (SSSR count). The fourth-order valence-corrected chi connectivity index (χ4v) is 5.73. The Bertz CT molecular complexity index is 1160. The largest absolute Gasteiger partial charge is 0.497 e. The highest BCUT2D eigenvalue weighted by molar-refractivity contribution is 5.61. The van der Waals surface area contributed by atoms with E-state index in [0.717, 1.165) is 68.3 Å². The second-order valence-electron chi connectivity index (χ2n) is 10.5. The van der Waals surface area contributed by atoms with Crippen LogP contribution in [0.25, 0.3) is 0 Å². The summed E-state index contributed by atoms with van der Waals surface area (Å²) in [5, 5.41) is 8.09. The number of rotatable bonds is 12. The summed E-state index contributed by atoms with van der Waals surface area (Å²) in [5.41, 5.74) is 3.59. The lowest BCUT2D eigenvalue weighted by Gasteiger charge is -2.38. The van der Waals surface area contributed by atoms with Gasteiger partial charge in [0.2, 0.25) is 0 Å². The Morgan fingerprint density at radius 2 is 2.03 bits per heavy atom. The summed E-state index contributed by atoms with van der Waals surface area (Å²) >= 11 is 0. The van der Waals surface area contributed by atoms with Crippen LogP contribution in [0.2, 0.25) is 0 Å². The Hall–Kier alpha value is -3.14. The predicted octanol–water partition coefficient (Wildman–Crippen LogP) is 4.20. The fourth-order valence-electron chi connectivity index (χ4n) is 5.73. The molecule has 0 aliphatic carbocycles. The van der Waals surface area contributed by atoms with Crippen LogP contribution in [0.5, 0.6) is 11.5 Å². The second-order valence-corrected chi connectivity index (χ2v) is 10.5. The molecular formula is C30H41N5O4. The zero-order chi connectivity index (χ0) is 27.0. The SMILES string of the molecule is COCCCN1CCOc2ccc(CO[C@H]3CN[C@@H](CC(C)n4cncn4)C[C@@H]3c3ccc(OC)cc3)cc21. The van der Waals surface area contributed by atoms with Crippen molar-refractivity contribution in [2.24, 2.45) is 0 Å². The Morgan fingerprint density at radius 1 is 1.15 bits per heavy atom. The van der Waals surface area contributed by atoms with E-state index in [0.29, 0.717) is 19.3 Å². The smallest absolute Gasteiger partial charge is 0.142 e. The van der Waals surface area contributed by atoms with Gasteiger partial charge >= 0.3 is 0 Å². The zero-order valence-electron chi connectivity index (χ0n) is 23.3. The van der Waals surface area contributed by atoms with Crippen molar-refractivity contribution in [2.45, 2.75) is 56.9 Å². The van der Waals surface area contributed by atoms with Gasteiger partial charge in [0.25, 0.3) is 0 Å². The van der Waals surface area contributed by atoms with Gasteiger partial charge in [0.1, 0.15) is 30.8 Å². The van der Waals surface area contributed by atoms with Crippen molar-refractivity contribution < 1.29 is 18.9 Å². The van der Waals surface area contributed by atoms with E-state index in [1.165, 1.54) is 5.56 Å². The maximum Gasteiger partial charge on any atom is 0.142 e. The predicted molar refractivity (Wildman–Crippen MR) is 151 cm³/mol. The van der Waals surface area contributed by atoms with Crippen molar-refractivity contribution in [3.63, 3.8) is 0 Å². The fraction of sp³-hybridized carbons (Fsp3) is 0.533. The molecule has 9 heteroatoms. The van der Waals surface area contributed by atoms with Crippen LogP contribution < -0.4 is 19.7 Å². The molecule has 210 valence electrons. The highest BCUT2D eigenvalue weighted by Gasteiger charge is 2.33. The quantitative estimate of drug-likeness (QED) is 0.346. The van der Waals surface area contributed by atoms with Gasteiger partial charge in [-0.3, -0.25) is 4.68 Å². The average Bonchev–Trinajstić information content (AvgIpc) is 3.52. The minimum Gasteiger partial charge on any atom is -0.497 e. The molecule has 0 bridgehead atoms. The number of methoxy groups -OCH3 is 2. The number of hydrogen-bond donors (Lipinski definition) is 1. The molecule has 1 aromatic heterocycles. The van der Waals surface area contributed by atoms with Crippen molar-refractivity contribution >= 4 is 5.69 Å². The van der Waals surface area contributed by atoms with Crippen molar-refractivity contribution in [3.8, 4) is 11.5 Å². The molecule has 0 radical (unpaired) electrons. The number of hydrogen-bond acceptors (Lipinski definition) is 8. The first-order valence-electron chi connectivity index (χ1n) is 14.0. The molecule has 39 heavy (non-hydrogen) atoms. The molecule has 2 aliphatic heterocycles. The third-order valence-corrected chi connectivity index (χ3v) is 7.88. The molecular weight excluding hydrogens is 494 g/mol. The zero-order valence-corrected chi connectivity index (χ0v) is 23.3. The maximum absolute atomic E-state index is 6.64. The third-order valence-electron chi connectivity index (χ3n) is 7.88. The first-order chi connectivity index (χ1) is 19.1. The summed E-state index contributed by atoms with van der Waals surface area (Å²) in [7, 11) is 3.46. The highest BCUT2D eigenvalue weighted by Crippen LogP contribution is 2.36. The van der Waals surface area contributed by atoms with E-state index in [1.54, 1.807) is 26.9 Å². The van der Waals surface area contributed by atoms with Gasteiger partial charge in [0.05, 0.1) is 38.1 Å². The first-order valence-corrected chi connectivity index (χ1v) is 14.0. The molecule has 0 saturated carbocycles. The molecule has 0 amide bonds. The van der Waals surface area contributed by atoms with Gasteiger partial charge in [-0.05, 0) is 61.6 Å². The standard InChI is InChI=1S/C30H41N5O4/c1-22(35-21-31-20-33-35)15-25-17-27(24-6-8-26(37-3)9-7-24)30(18-32-25)39-19-23-5-10-29-28(16-23)34(12-14-38-29)11-4-13-36-2/h5-10,16,20-22,25,27,30,32H,4,11-15,17-19H2,1-3H3/t22?,25-,27+,30-/m0/s1. The summed E-state index contributed by atoms with van der Waals surface area (Å²) in [6.45, 7) is 6.86. The Kier molecular flexibility index (Phi) is 9.34. The Balaban J connectivity index is 1.27. The average molecular weight is 536 g/mol. The highest BCUT2D eigenvalue weighted by atomic mass is 16.5. The normalized spacial score (nSPS) is 21.7. The Morgan fingerprint density at radius 3 is 2.79 bits per heavy atom. The lowest BCUT2D eigenvalue weighted by atomic mass is 9.82. The van der Waals surface area contributed by atoms with Crippen molar-refractivity contribution in [2.75, 3.05) is 52.0 Å². The van der Waals surface area contributed by atoms with Crippen LogP contribution >= 0.6 is 0 Å². The molecule has 1 N–H and O–H groups in total. The lowest BCUT2D eigenvalue weighted by Crippen LogP contribution is -2.47. The van der Waals surface area contributed by atoms with Gasteiger partial charge in [-0.15, -0.1) is 0 Å². The van der Waals surface area contributed by atoms with Crippen LogP contribution in [-0.2, 0) is 16.1 Å². The minimum atomic E-state index is 0.0569. The summed E-state index contributed by atoms with van der Waals surface area (Å²) in [6.07, 6.45) is 6.41. The Labute approximate surface area is 231 Å². The number of aromatic nitrogens is 3. The van der Waals surface area contributed by atoms with E-state index in [1.807, 2.05) is 16.8 Å². The van der Waals surface area contributed by atoms with Crippen LogP contribution in [0.3, 0.4) is 0 Å². The topological polar surface area (TPSA) is 82.9 Å². The van der Waals surface area contributed by atoms with E-state index in [9.17, 15) is 0 Å². The minimum absolute atomic E-state index is 0.0569. The molecule has 3 heterocycles. The van der Waals surface area contributed by atoms with Crippen LogP contribution in [0, 0.1) is 0 Å². The second kappa shape index (κ2) is 13.3. The summed E-state index contributed by atoms with van der Waals surface area (Å²) in [4.78, 5) is 6.51. The molecule has 3 aromatic rings. The molecule has 1 fully saturated rings. The summed E-state index contributed by atoms with van der Waals surface area (Å²) in [5.74, 6) is 2.09. The van der Waals surface area contributed by atoms with Gasteiger partial charge in [0.15, 0.2) is 0 Å². The van der Waals surface area contributed by atoms with Gasteiger partial charge in [-0.1, -0.05) is 18.2 Å². The molecule has 4 atom stereocenters. The summed E-state index contributed by atoms with van der Waals surface area (Å²) in [6, 6.07) is 15.5. The molecule has 1 saturated heterocycles. The van der Waals surface area contributed by atoms with E-state index in [4.69, 9.17) is 18.9 Å². The molecule has 1 unspecified atom stereocenters. The molecule has 2 aliphatic rings. The number of piperidine rings is 1. The monoisotopic (exact) mass is 535 g/mol. The molecule has 2 aromatic carbocycles. The van der Waals surface area contributed by atoms with E-state index < -0.39 is 0 Å². The number of fused-ring (bicyclic) bond motifs is 1. The molecule has 0 spiro atoms. The van der Waals surface area contributed by atoms with Crippen molar-refractivity contribution in [3.05, 3.63) is 66.2 Å². The van der Waals surface area contributed by atoms with Crippen LogP contribution in [-0.4, -0.2) is 74.0 Å². The van der Waals surface area contributed by atoms with Crippen LogP contribution in [0.4, 0.5) is 5.69 Å². The third kappa shape index (κ3) is 6.90. The number of ether oxygens (including phenoxy) is 4. The van der Waals surface area contributed by atoms with Gasteiger partial charge in [-0.2, -0.15) is 5.10 Å². The summed E-state index contributed by atoms with van der Waals surface area (Å²) < 4.78 is 25.2. The van der Waals surface area contributed by atoms with Crippen molar-refractivity contribution in [1.29, 1.82) is 0 Å². The van der Waals surface area contributed by atoms with Gasteiger partial charge in [-0.25, -0.2) is 4.98 Å². The van der Waals surface area contributed by atoms with Crippen LogP contribution in [0.1, 0.15) is 49.3 Å².